The zero-order valence-electron chi connectivity index (χ0n) is 23.3. The number of fused-ring (bicyclic) bond motifs is 1. The second-order valence-electron chi connectivity index (χ2n) is 11.0. The summed E-state index contributed by atoms with van der Waals surface area (Å²) in [7, 11) is 1.53. The highest BCUT2D eigenvalue weighted by molar-refractivity contribution is 6.30. The van der Waals surface area contributed by atoms with E-state index in [2.05, 4.69) is 13.2 Å². The first-order valence-corrected chi connectivity index (χ1v) is 13.8. The van der Waals surface area contributed by atoms with Crippen molar-refractivity contribution in [2.45, 2.75) is 57.4 Å². The Kier molecular flexibility index (Phi) is 8.60. The Balaban J connectivity index is 1.74. The fourth-order valence-corrected chi connectivity index (χ4v) is 6.56. The topological polar surface area (TPSA) is 43.9 Å². The highest BCUT2D eigenvalue weighted by atomic mass is 35.5. The Morgan fingerprint density at radius 3 is 2.41 bits per heavy atom. The number of rotatable bonds is 7. The molecule has 2 heterocycles. The van der Waals surface area contributed by atoms with Crippen LogP contribution in [-0.4, -0.2) is 52.8 Å². The van der Waals surface area contributed by atoms with Gasteiger partial charge in [0.25, 0.3) is 0 Å². The van der Waals surface area contributed by atoms with Crippen molar-refractivity contribution < 1.29 is 27.2 Å². The first-order valence-electron chi connectivity index (χ1n) is 13.4. The number of carbonyl (C=O) groups excluding carboxylic acids is 2. The predicted octanol–water partition coefficient (Wildman–Crippen LogP) is 7.72. The SMILES string of the molecule is C=CCC1(CC=C)CC2C(c3ccc(F)cc3C)N(C(=O)N(C)C(C)c3cc(Cl)cc(C(F)(F)F)c3)CCN2C1=O. The molecule has 3 unspecified atom stereocenters. The fraction of sp³-hybridized carbons (Fsp3) is 0.419. The summed E-state index contributed by atoms with van der Waals surface area (Å²) in [6, 6.07) is 5.46. The molecule has 2 aromatic rings. The summed E-state index contributed by atoms with van der Waals surface area (Å²) in [5.41, 5.74) is -0.0639. The van der Waals surface area contributed by atoms with Crippen LogP contribution in [0.5, 0.6) is 0 Å². The van der Waals surface area contributed by atoms with Crippen LogP contribution >= 0.6 is 11.6 Å². The van der Waals surface area contributed by atoms with Gasteiger partial charge in [0.15, 0.2) is 0 Å². The van der Waals surface area contributed by atoms with Crippen LogP contribution in [0.1, 0.15) is 60.5 Å². The maximum atomic E-state index is 14.1. The van der Waals surface area contributed by atoms with Crippen molar-refractivity contribution in [3.05, 3.63) is 94.8 Å². The standard InChI is InChI=1S/C31H34ClF4N3O2/c1-6-10-30(11-7-2)18-26-27(25-9-8-24(33)14-19(25)3)39(13-12-38(26)28(30)40)29(41)37(5)20(4)21-15-22(31(34,35)36)17-23(32)16-21/h6-9,14-17,20,26-27H,1-2,10-13,18H2,3-5H3. The number of urea groups is 1. The Bertz CT molecular complexity index is 1350. The van der Waals surface area contributed by atoms with E-state index in [0.717, 1.165) is 12.1 Å². The number of hydrogen-bond donors (Lipinski definition) is 0. The van der Waals surface area contributed by atoms with Gasteiger partial charge in [0.1, 0.15) is 5.82 Å². The minimum Gasteiger partial charge on any atom is -0.335 e. The molecule has 2 fully saturated rings. The highest BCUT2D eigenvalue weighted by Crippen LogP contribution is 2.50. The van der Waals surface area contributed by atoms with Gasteiger partial charge in [-0.3, -0.25) is 4.79 Å². The third-order valence-corrected chi connectivity index (χ3v) is 8.69. The number of allylic oxidation sites excluding steroid dienone is 2. The molecule has 2 aliphatic heterocycles. The van der Waals surface area contributed by atoms with E-state index in [1.807, 2.05) is 0 Å². The zero-order valence-corrected chi connectivity index (χ0v) is 24.1. The van der Waals surface area contributed by atoms with E-state index in [1.165, 1.54) is 30.1 Å². The summed E-state index contributed by atoms with van der Waals surface area (Å²) in [6.45, 7) is 11.6. The molecule has 0 aromatic heterocycles. The minimum atomic E-state index is -4.60. The van der Waals surface area contributed by atoms with Crippen LogP contribution in [0.3, 0.4) is 0 Å². The molecule has 0 N–H and O–H groups in total. The smallest absolute Gasteiger partial charge is 0.335 e. The van der Waals surface area contributed by atoms with Crippen molar-refractivity contribution in [2.75, 3.05) is 20.1 Å². The molecule has 5 nitrogen and oxygen atoms in total. The van der Waals surface area contributed by atoms with Crippen molar-refractivity contribution in [3.8, 4) is 0 Å². The molecule has 220 valence electrons. The van der Waals surface area contributed by atoms with Crippen molar-refractivity contribution in [1.29, 1.82) is 0 Å². The summed E-state index contributed by atoms with van der Waals surface area (Å²) >= 11 is 6.02. The maximum absolute atomic E-state index is 14.1. The van der Waals surface area contributed by atoms with Gasteiger partial charge in [-0.15, -0.1) is 13.2 Å². The van der Waals surface area contributed by atoms with E-state index in [-0.39, 0.29) is 23.0 Å². The third kappa shape index (κ3) is 5.73. The number of piperazine rings is 1. The van der Waals surface area contributed by atoms with Crippen molar-refractivity contribution in [3.63, 3.8) is 0 Å². The quantitative estimate of drug-likeness (QED) is 0.244. The van der Waals surface area contributed by atoms with Crippen LogP contribution in [0.15, 0.2) is 61.7 Å². The van der Waals surface area contributed by atoms with Gasteiger partial charge in [0.2, 0.25) is 5.91 Å². The third-order valence-electron chi connectivity index (χ3n) is 8.48. The first-order chi connectivity index (χ1) is 19.2. The molecule has 0 saturated carbocycles. The Morgan fingerprint density at radius 2 is 1.83 bits per heavy atom. The summed E-state index contributed by atoms with van der Waals surface area (Å²) in [5, 5.41) is -0.0822. The number of alkyl halides is 3. The van der Waals surface area contributed by atoms with Crippen LogP contribution in [0.25, 0.3) is 0 Å². The molecule has 41 heavy (non-hydrogen) atoms. The largest absolute Gasteiger partial charge is 0.416 e. The molecule has 0 bridgehead atoms. The minimum absolute atomic E-state index is 0.0282. The van der Waals surface area contributed by atoms with Crippen LogP contribution < -0.4 is 0 Å². The van der Waals surface area contributed by atoms with Gasteiger partial charge < -0.3 is 14.7 Å². The molecule has 4 rings (SSSR count). The number of benzene rings is 2. The van der Waals surface area contributed by atoms with E-state index in [4.69, 9.17) is 11.6 Å². The number of amides is 3. The lowest BCUT2D eigenvalue weighted by molar-refractivity contribution is -0.139. The normalized spacial score (nSPS) is 20.9. The molecular formula is C31H34ClF4N3O2. The van der Waals surface area contributed by atoms with Gasteiger partial charge in [-0.1, -0.05) is 29.8 Å². The number of nitrogens with zero attached hydrogens (tertiary/aromatic N) is 3. The maximum Gasteiger partial charge on any atom is 0.416 e. The lowest BCUT2D eigenvalue weighted by Gasteiger charge is -2.47. The van der Waals surface area contributed by atoms with Gasteiger partial charge in [-0.2, -0.15) is 13.2 Å². The van der Waals surface area contributed by atoms with E-state index < -0.39 is 47.1 Å². The van der Waals surface area contributed by atoms with Crippen LogP contribution in [0.2, 0.25) is 5.02 Å². The van der Waals surface area contributed by atoms with Crippen molar-refractivity contribution in [2.24, 2.45) is 5.41 Å². The molecule has 0 spiro atoms. The predicted molar refractivity (Wildman–Crippen MR) is 151 cm³/mol. The van der Waals surface area contributed by atoms with Crippen LogP contribution in [-0.2, 0) is 11.0 Å². The molecular weight excluding hydrogens is 558 g/mol. The molecule has 2 aliphatic rings. The zero-order chi connectivity index (χ0) is 30.3. The monoisotopic (exact) mass is 591 g/mol. The van der Waals surface area contributed by atoms with Gasteiger partial charge in [0, 0.05) is 25.2 Å². The van der Waals surface area contributed by atoms with E-state index in [1.54, 1.807) is 41.9 Å². The number of hydrogen-bond acceptors (Lipinski definition) is 2. The first kappa shape index (κ1) is 30.6. The second-order valence-corrected chi connectivity index (χ2v) is 11.5. The highest BCUT2D eigenvalue weighted by Gasteiger charge is 2.56. The summed E-state index contributed by atoms with van der Waals surface area (Å²) in [6.07, 6.45) is 0.176. The Morgan fingerprint density at radius 1 is 1.17 bits per heavy atom. The van der Waals surface area contributed by atoms with Gasteiger partial charge in [-0.05, 0) is 80.1 Å². The van der Waals surface area contributed by atoms with Gasteiger partial charge in [0.05, 0.1) is 29.1 Å². The van der Waals surface area contributed by atoms with Gasteiger partial charge >= 0.3 is 12.2 Å². The Labute approximate surface area is 243 Å². The molecule has 0 radical (unpaired) electrons. The number of halogens is 5. The molecule has 3 atom stereocenters. The van der Waals surface area contributed by atoms with E-state index in [0.29, 0.717) is 36.9 Å². The van der Waals surface area contributed by atoms with E-state index in [9.17, 15) is 27.2 Å². The molecule has 2 aromatic carbocycles. The summed E-state index contributed by atoms with van der Waals surface area (Å²) in [5.74, 6) is -0.446. The number of aryl methyl sites for hydroxylation is 1. The van der Waals surface area contributed by atoms with E-state index >= 15 is 0 Å². The second kappa shape index (κ2) is 11.5. The average molecular weight is 592 g/mol. The number of carbonyl (C=O) groups is 2. The Hall–Kier alpha value is -3.33. The molecule has 3 amide bonds. The fourth-order valence-electron chi connectivity index (χ4n) is 6.31. The summed E-state index contributed by atoms with van der Waals surface area (Å²) < 4.78 is 54.6. The lowest BCUT2D eigenvalue weighted by Crippen LogP contribution is -2.57. The van der Waals surface area contributed by atoms with Crippen LogP contribution in [0, 0.1) is 18.2 Å². The van der Waals surface area contributed by atoms with Crippen molar-refractivity contribution >= 4 is 23.5 Å². The lowest BCUT2D eigenvalue weighted by atomic mass is 9.76. The molecule has 10 heteroatoms. The van der Waals surface area contributed by atoms with Crippen molar-refractivity contribution in [1.82, 2.24) is 14.7 Å². The average Bonchev–Trinajstić information content (AvgIpc) is 3.18. The molecule has 0 aliphatic carbocycles. The van der Waals surface area contributed by atoms with Crippen LogP contribution in [0.4, 0.5) is 22.4 Å². The van der Waals surface area contributed by atoms with Gasteiger partial charge in [-0.25, -0.2) is 9.18 Å². The summed E-state index contributed by atoms with van der Waals surface area (Å²) in [4.78, 5) is 32.7. The molecule has 2 saturated heterocycles.